The van der Waals surface area contributed by atoms with Gasteiger partial charge in [-0.3, -0.25) is 9.48 Å². The summed E-state index contributed by atoms with van der Waals surface area (Å²) in [6.07, 6.45) is 4.00. The number of halogens is 1. The summed E-state index contributed by atoms with van der Waals surface area (Å²) in [6, 6.07) is 3.65. The molecule has 3 aromatic rings. The lowest BCUT2D eigenvalue weighted by Gasteiger charge is -2.08. The minimum absolute atomic E-state index is 0.0321. The van der Waals surface area contributed by atoms with Crippen LogP contribution in [0.25, 0.3) is 5.65 Å². The maximum atomic E-state index is 12.4. The van der Waals surface area contributed by atoms with Gasteiger partial charge in [-0.05, 0) is 31.9 Å². The van der Waals surface area contributed by atoms with Gasteiger partial charge in [-0.25, -0.2) is 4.98 Å². The monoisotopic (exact) mass is 373 g/mol. The van der Waals surface area contributed by atoms with Crippen LogP contribution in [0.2, 0.25) is 5.02 Å². The molecule has 0 aliphatic rings. The summed E-state index contributed by atoms with van der Waals surface area (Å²) in [5, 5.41) is 8.16. The van der Waals surface area contributed by atoms with Crippen LogP contribution in [0.3, 0.4) is 0 Å². The predicted octanol–water partition coefficient (Wildman–Crippen LogP) is 3.32. The molecule has 0 atom stereocenters. The number of aromatic nitrogens is 4. The van der Waals surface area contributed by atoms with Crippen molar-refractivity contribution in [3.63, 3.8) is 0 Å². The third kappa shape index (κ3) is 4.07. The second kappa shape index (κ2) is 7.50. The quantitative estimate of drug-likeness (QED) is 0.720. The van der Waals surface area contributed by atoms with E-state index >= 15 is 0 Å². The van der Waals surface area contributed by atoms with Crippen molar-refractivity contribution in [1.82, 2.24) is 24.5 Å². The number of hydrogen-bond donors (Lipinski definition) is 1. The van der Waals surface area contributed by atoms with Gasteiger partial charge in [0.05, 0.1) is 29.4 Å². The molecule has 0 radical (unpaired) electrons. The zero-order valence-corrected chi connectivity index (χ0v) is 16.3. The smallest absolute Gasteiger partial charge is 0.224 e. The summed E-state index contributed by atoms with van der Waals surface area (Å²) in [7, 11) is 0. The highest BCUT2D eigenvalue weighted by Crippen LogP contribution is 2.16. The van der Waals surface area contributed by atoms with Crippen LogP contribution in [0.5, 0.6) is 0 Å². The number of carbonyl (C=O) groups is 1. The van der Waals surface area contributed by atoms with E-state index in [2.05, 4.69) is 29.2 Å². The van der Waals surface area contributed by atoms with Crippen LogP contribution in [-0.4, -0.2) is 25.1 Å². The van der Waals surface area contributed by atoms with Crippen LogP contribution in [0.1, 0.15) is 36.5 Å². The van der Waals surface area contributed by atoms with E-state index in [0.717, 1.165) is 34.8 Å². The molecule has 0 aliphatic carbocycles. The average molecular weight is 374 g/mol. The van der Waals surface area contributed by atoms with Gasteiger partial charge in [0, 0.05) is 30.2 Å². The molecule has 0 saturated heterocycles. The van der Waals surface area contributed by atoms with Crippen LogP contribution in [0, 0.1) is 19.8 Å². The molecule has 3 heterocycles. The molecule has 0 aromatic carbocycles. The first-order chi connectivity index (χ1) is 12.3. The van der Waals surface area contributed by atoms with E-state index in [9.17, 15) is 4.79 Å². The topological polar surface area (TPSA) is 64.2 Å². The maximum Gasteiger partial charge on any atom is 0.224 e. The van der Waals surface area contributed by atoms with Gasteiger partial charge in [-0.15, -0.1) is 0 Å². The van der Waals surface area contributed by atoms with Gasteiger partial charge < -0.3 is 9.72 Å². The van der Waals surface area contributed by atoms with E-state index in [1.54, 1.807) is 12.3 Å². The molecule has 0 aliphatic heterocycles. The Kier molecular flexibility index (Phi) is 5.32. The molecule has 0 saturated carbocycles. The zero-order chi connectivity index (χ0) is 18.8. The van der Waals surface area contributed by atoms with E-state index in [1.807, 2.05) is 35.2 Å². The Morgan fingerprint density at radius 3 is 2.77 bits per heavy atom. The van der Waals surface area contributed by atoms with E-state index in [0.29, 0.717) is 23.9 Å². The fourth-order valence-electron chi connectivity index (χ4n) is 3.03. The zero-order valence-electron chi connectivity index (χ0n) is 15.6. The summed E-state index contributed by atoms with van der Waals surface area (Å²) in [6.45, 7) is 9.54. The number of amides is 1. The first-order valence-corrected chi connectivity index (χ1v) is 9.14. The molecular formula is C19H24ClN5O. The highest BCUT2D eigenvalue weighted by molar-refractivity contribution is 6.30. The molecule has 7 heteroatoms. The van der Waals surface area contributed by atoms with Crippen molar-refractivity contribution in [3.05, 3.63) is 52.2 Å². The van der Waals surface area contributed by atoms with Crippen LogP contribution in [-0.2, 0) is 24.3 Å². The third-order valence-corrected chi connectivity index (χ3v) is 4.56. The molecule has 3 aromatic heterocycles. The van der Waals surface area contributed by atoms with Gasteiger partial charge in [0.2, 0.25) is 5.91 Å². The number of fused-ring (bicyclic) bond motifs is 1. The third-order valence-electron chi connectivity index (χ3n) is 4.34. The second-order valence-corrected chi connectivity index (χ2v) is 7.46. The molecule has 6 nitrogen and oxygen atoms in total. The SMILES string of the molecule is Cc1nn(CC(C)C)c(C)c1CC(=O)NCc1cn2cc(Cl)ccc2n1. The second-order valence-electron chi connectivity index (χ2n) is 7.02. The first kappa shape index (κ1) is 18.5. The maximum absolute atomic E-state index is 12.4. The number of nitrogens with zero attached hydrogens (tertiary/aromatic N) is 4. The number of rotatable bonds is 6. The molecule has 3 rings (SSSR count). The molecule has 26 heavy (non-hydrogen) atoms. The molecule has 1 amide bonds. The lowest BCUT2D eigenvalue weighted by Crippen LogP contribution is -2.25. The number of pyridine rings is 1. The largest absolute Gasteiger partial charge is 0.350 e. The Bertz CT molecular complexity index is 941. The Balaban J connectivity index is 1.64. The number of hydrogen-bond acceptors (Lipinski definition) is 3. The average Bonchev–Trinajstić information content (AvgIpc) is 3.08. The van der Waals surface area contributed by atoms with Crippen molar-refractivity contribution in [1.29, 1.82) is 0 Å². The van der Waals surface area contributed by atoms with Crippen LogP contribution in [0.15, 0.2) is 24.5 Å². The summed E-state index contributed by atoms with van der Waals surface area (Å²) >= 11 is 5.98. The van der Waals surface area contributed by atoms with Crippen LogP contribution >= 0.6 is 11.6 Å². The predicted molar refractivity (Wildman–Crippen MR) is 102 cm³/mol. The van der Waals surface area contributed by atoms with E-state index in [-0.39, 0.29) is 5.91 Å². The summed E-state index contributed by atoms with van der Waals surface area (Å²) in [4.78, 5) is 16.9. The minimum Gasteiger partial charge on any atom is -0.350 e. The van der Waals surface area contributed by atoms with Crippen molar-refractivity contribution in [3.8, 4) is 0 Å². The summed E-state index contributed by atoms with van der Waals surface area (Å²) < 4.78 is 3.85. The summed E-state index contributed by atoms with van der Waals surface area (Å²) in [5.41, 5.74) is 4.59. The Morgan fingerprint density at radius 1 is 1.27 bits per heavy atom. The Labute approximate surface area is 158 Å². The van der Waals surface area contributed by atoms with Gasteiger partial charge in [0.25, 0.3) is 0 Å². The molecule has 0 bridgehead atoms. The Hall–Kier alpha value is -2.34. The number of carbonyl (C=O) groups excluding carboxylic acids is 1. The van der Waals surface area contributed by atoms with Crippen molar-refractivity contribution < 1.29 is 4.79 Å². The highest BCUT2D eigenvalue weighted by atomic mass is 35.5. The summed E-state index contributed by atoms with van der Waals surface area (Å²) in [5.74, 6) is 0.480. The molecule has 1 N–H and O–H groups in total. The molecule has 0 spiro atoms. The van der Waals surface area contributed by atoms with Crippen molar-refractivity contribution in [2.75, 3.05) is 0 Å². The molecule has 138 valence electrons. The normalized spacial score (nSPS) is 11.5. The van der Waals surface area contributed by atoms with Crippen LogP contribution < -0.4 is 5.32 Å². The van der Waals surface area contributed by atoms with Crippen LogP contribution in [0.4, 0.5) is 0 Å². The van der Waals surface area contributed by atoms with E-state index in [4.69, 9.17) is 11.6 Å². The Morgan fingerprint density at radius 2 is 2.04 bits per heavy atom. The standard InChI is InChI=1S/C19H24ClN5O/c1-12(2)9-25-14(4)17(13(3)23-25)7-19(26)21-8-16-11-24-10-15(20)5-6-18(24)22-16/h5-6,10-12H,7-9H2,1-4H3,(H,21,26). The fourth-order valence-corrected chi connectivity index (χ4v) is 3.20. The van der Waals surface area contributed by atoms with E-state index in [1.165, 1.54) is 0 Å². The highest BCUT2D eigenvalue weighted by Gasteiger charge is 2.15. The number of aryl methyl sites for hydroxylation is 1. The lowest BCUT2D eigenvalue weighted by atomic mass is 10.1. The molecular weight excluding hydrogens is 350 g/mol. The van der Waals surface area contributed by atoms with E-state index < -0.39 is 0 Å². The van der Waals surface area contributed by atoms with Crippen molar-refractivity contribution in [2.45, 2.75) is 47.2 Å². The van der Waals surface area contributed by atoms with Gasteiger partial charge in [-0.2, -0.15) is 5.10 Å². The number of imidazole rings is 1. The number of nitrogens with one attached hydrogen (secondary N) is 1. The van der Waals surface area contributed by atoms with Gasteiger partial charge in [-0.1, -0.05) is 25.4 Å². The fraction of sp³-hybridized carbons (Fsp3) is 0.421. The van der Waals surface area contributed by atoms with Gasteiger partial charge in [0.15, 0.2) is 0 Å². The van der Waals surface area contributed by atoms with Crippen molar-refractivity contribution >= 4 is 23.2 Å². The van der Waals surface area contributed by atoms with Gasteiger partial charge >= 0.3 is 0 Å². The van der Waals surface area contributed by atoms with Gasteiger partial charge in [0.1, 0.15) is 5.65 Å². The minimum atomic E-state index is -0.0321. The van der Waals surface area contributed by atoms with Crippen molar-refractivity contribution in [2.24, 2.45) is 5.92 Å². The first-order valence-electron chi connectivity index (χ1n) is 8.76. The molecule has 0 unspecified atom stereocenters. The molecule has 0 fully saturated rings. The lowest BCUT2D eigenvalue weighted by molar-refractivity contribution is -0.120.